The molecule has 1 heterocycles. The van der Waals surface area contributed by atoms with Gasteiger partial charge in [0, 0.05) is 36.0 Å². The number of allylic oxidation sites excluding steroid dienone is 3. The molecule has 0 radical (unpaired) electrons. The van der Waals surface area contributed by atoms with Gasteiger partial charge in [-0.1, -0.05) is 52.6 Å². The Kier molecular flexibility index (Phi) is 6.40. The van der Waals surface area contributed by atoms with Crippen molar-refractivity contribution in [1.82, 2.24) is 4.31 Å². The lowest BCUT2D eigenvalue weighted by Gasteiger charge is -2.30. The van der Waals surface area contributed by atoms with Crippen LogP contribution in [0.1, 0.15) is 24.8 Å². The lowest BCUT2D eigenvalue weighted by atomic mass is 10.1. The standard InChI is InChI=1S/C18H20Cl2N2O3S/c19-15-3-1-14(2-4-15)13-25-21-17-9-11-22(12-10-17)26(23,24)18-7-5-16(20)6-8-18/h1-7,18H,8-13H2. The number of benzene rings is 1. The molecule has 1 aromatic rings. The third-order valence-corrected chi connectivity index (χ3v) is 7.13. The van der Waals surface area contributed by atoms with Crippen molar-refractivity contribution in [2.45, 2.75) is 31.1 Å². The summed E-state index contributed by atoms with van der Waals surface area (Å²) >= 11 is 11.7. The zero-order valence-electron chi connectivity index (χ0n) is 14.1. The molecule has 3 rings (SSSR count). The molecule has 0 saturated carbocycles. The molecule has 1 aliphatic heterocycles. The van der Waals surface area contributed by atoms with Crippen LogP contribution in [0.5, 0.6) is 0 Å². The molecule has 2 aliphatic rings. The third kappa shape index (κ3) is 4.88. The Morgan fingerprint density at radius 3 is 2.46 bits per heavy atom. The summed E-state index contributed by atoms with van der Waals surface area (Å²) in [6, 6.07) is 7.38. The minimum absolute atomic E-state index is 0.364. The van der Waals surface area contributed by atoms with Crippen LogP contribution < -0.4 is 0 Å². The number of sulfonamides is 1. The van der Waals surface area contributed by atoms with Crippen LogP contribution in [0.25, 0.3) is 0 Å². The number of oxime groups is 1. The Morgan fingerprint density at radius 1 is 1.15 bits per heavy atom. The van der Waals surface area contributed by atoms with E-state index in [1.165, 1.54) is 4.31 Å². The van der Waals surface area contributed by atoms with Gasteiger partial charge in [0.15, 0.2) is 0 Å². The summed E-state index contributed by atoms with van der Waals surface area (Å²) < 4.78 is 26.9. The number of hydrogen-bond donors (Lipinski definition) is 0. The van der Waals surface area contributed by atoms with Gasteiger partial charge in [0.2, 0.25) is 10.0 Å². The molecule has 0 aromatic heterocycles. The van der Waals surface area contributed by atoms with Gasteiger partial charge in [-0.25, -0.2) is 12.7 Å². The fourth-order valence-corrected chi connectivity index (χ4v) is 4.83. The molecule has 26 heavy (non-hydrogen) atoms. The zero-order valence-corrected chi connectivity index (χ0v) is 16.5. The second-order valence-corrected chi connectivity index (χ2v) is 9.25. The molecular formula is C18H20Cl2N2O3S. The maximum atomic E-state index is 12.7. The Labute approximate surface area is 164 Å². The van der Waals surface area contributed by atoms with Crippen molar-refractivity contribution in [1.29, 1.82) is 0 Å². The van der Waals surface area contributed by atoms with Crippen LogP contribution in [0.3, 0.4) is 0 Å². The maximum Gasteiger partial charge on any atom is 0.220 e. The predicted octanol–water partition coefficient (Wildman–Crippen LogP) is 4.09. The van der Waals surface area contributed by atoms with E-state index < -0.39 is 15.3 Å². The van der Waals surface area contributed by atoms with E-state index >= 15 is 0 Å². The van der Waals surface area contributed by atoms with Crippen LogP contribution in [0.15, 0.2) is 52.7 Å². The molecule has 0 bridgehead atoms. The first-order chi connectivity index (χ1) is 12.4. The summed E-state index contributed by atoms with van der Waals surface area (Å²) in [5.74, 6) is 0. The molecule has 1 fully saturated rings. The minimum atomic E-state index is -3.36. The summed E-state index contributed by atoms with van der Waals surface area (Å²) in [5, 5.41) is 4.89. The van der Waals surface area contributed by atoms with E-state index in [0.29, 0.717) is 49.0 Å². The minimum Gasteiger partial charge on any atom is -0.391 e. The van der Waals surface area contributed by atoms with Crippen LogP contribution in [-0.4, -0.2) is 36.8 Å². The largest absolute Gasteiger partial charge is 0.391 e. The van der Waals surface area contributed by atoms with E-state index in [1.54, 1.807) is 30.4 Å². The molecule has 140 valence electrons. The predicted molar refractivity (Wildman–Crippen MR) is 105 cm³/mol. The Morgan fingerprint density at radius 2 is 1.85 bits per heavy atom. The summed E-state index contributed by atoms with van der Waals surface area (Å²) in [5.41, 5.74) is 1.86. The van der Waals surface area contributed by atoms with Crippen LogP contribution in [-0.2, 0) is 21.5 Å². The number of piperidine rings is 1. The molecule has 1 unspecified atom stereocenters. The molecule has 0 amide bonds. The second-order valence-electron chi connectivity index (χ2n) is 6.22. The van der Waals surface area contributed by atoms with Gasteiger partial charge in [-0.05, 0) is 30.2 Å². The van der Waals surface area contributed by atoms with Crippen molar-refractivity contribution in [2.24, 2.45) is 5.16 Å². The molecule has 1 atom stereocenters. The Hall–Kier alpha value is -1.34. The van der Waals surface area contributed by atoms with E-state index in [2.05, 4.69) is 5.16 Å². The molecule has 0 spiro atoms. The van der Waals surface area contributed by atoms with Crippen molar-refractivity contribution in [3.63, 3.8) is 0 Å². The SMILES string of the molecule is O=S(=O)(C1C=CC(Cl)=CC1)N1CCC(=NOCc2ccc(Cl)cc2)CC1. The first kappa shape index (κ1) is 19.4. The van der Waals surface area contributed by atoms with Crippen LogP contribution in [0, 0.1) is 0 Å². The summed E-state index contributed by atoms with van der Waals surface area (Å²) in [7, 11) is -3.36. The van der Waals surface area contributed by atoms with E-state index in [9.17, 15) is 8.42 Å². The number of nitrogens with zero attached hydrogens (tertiary/aromatic N) is 2. The second kappa shape index (κ2) is 8.57. The fourth-order valence-electron chi connectivity index (χ4n) is 2.86. The summed E-state index contributed by atoms with van der Waals surface area (Å²) in [6.45, 7) is 1.21. The highest BCUT2D eigenvalue weighted by Gasteiger charge is 2.32. The lowest BCUT2D eigenvalue weighted by Crippen LogP contribution is -2.43. The first-order valence-corrected chi connectivity index (χ1v) is 10.7. The van der Waals surface area contributed by atoms with Crippen molar-refractivity contribution in [2.75, 3.05) is 13.1 Å². The molecule has 1 aliphatic carbocycles. The van der Waals surface area contributed by atoms with Crippen molar-refractivity contribution < 1.29 is 13.3 Å². The Balaban J connectivity index is 1.50. The molecule has 1 aromatic carbocycles. The van der Waals surface area contributed by atoms with Crippen LogP contribution >= 0.6 is 23.2 Å². The molecule has 1 saturated heterocycles. The van der Waals surface area contributed by atoms with Gasteiger partial charge >= 0.3 is 0 Å². The zero-order chi connectivity index (χ0) is 18.6. The van der Waals surface area contributed by atoms with Gasteiger partial charge in [0.25, 0.3) is 0 Å². The van der Waals surface area contributed by atoms with Gasteiger partial charge in [0.05, 0.1) is 11.0 Å². The van der Waals surface area contributed by atoms with E-state index in [4.69, 9.17) is 28.0 Å². The first-order valence-electron chi connectivity index (χ1n) is 8.40. The lowest BCUT2D eigenvalue weighted by molar-refractivity contribution is 0.128. The molecular weight excluding hydrogens is 395 g/mol. The topological polar surface area (TPSA) is 59.0 Å². The van der Waals surface area contributed by atoms with E-state index in [0.717, 1.165) is 11.3 Å². The van der Waals surface area contributed by atoms with Crippen molar-refractivity contribution in [3.8, 4) is 0 Å². The quantitative estimate of drug-likeness (QED) is 0.681. The Bertz CT molecular complexity index is 822. The molecule has 5 nitrogen and oxygen atoms in total. The average molecular weight is 415 g/mol. The van der Waals surface area contributed by atoms with Gasteiger partial charge in [0.1, 0.15) is 6.61 Å². The fraction of sp³-hybridized carbons (Fsp3) is 0.389. The van der Waals surface area contributed by atoms with Gasteiger partial charge in [-0.3, -0.25) is 0 Å². The van der Waals surface area contributed by atoms with Crippen LogP contribution in [0.2, 0.25) is 5.02 Å². The van der Waals surface area contributed by atoms with Crippen molar-refractivity contribution in [3.05, 3.63) is 58.1 Å². The molecule has 0 N–H and O–H groups in total. The number of rotatable bonds is 5. The van der Waals surface area contributed by atoms with Crippen LogP contribution in [0.4, 0.5) is 0 Å². The monoisotopic (exact) mass is 414 g/mol. The van der Waals surface area contributed by atoms with E-state index in [1.807, 2.05) is 12.1 Å². The highest BCUT2D eigenvalue weighted by molar-refractivity contribution is 7.89. The highest BCUT2D eigenvalue weighted by atomic mass is 35.5. The maximum absolute atomic E-state index is 12.7. The van der Waals surface area contributed by atoms with Gasteiger partial charge in [-0.15, -0.1) is 0 Å². The van der Waals surface area contributed by atoms with Crippen molar-refractivity contribution >= 4 is 38.9 Å². The van der Waals surface area contributed by atoms with E-state index in [-0.39, 0.29) is 0 Å². The third-order valence-electron chi connectivity index (χ3n) is 4.40. The number of halogens is 2. The molecule has 8 heteroatoms. The van der Waals surface area contributed by atoms with Gasteiger partial charge in [-0.2, -0.15) is 0 Å². The number of hydrogen-bond acceptors (Lipinski definition) is 4. The normalized spacial score (nSPS) is 21.4. The van der Waals surface area contributed by atoms with Gasteiger partial charge < -0.3 is 4.84 Å². The summed E-state index contributed by atoms with van der Waals surface area (Å²) in [6.07, 6.45) is 6.62. The highest BCUT2D eigenvalue weighted by Crippen LogP contribution is 2.24. The smallest absolute Gasteiger partial charge is 0.220 e. The summed E-state index contributed by atoms with van der Waals surface area (Å²) in [4.78, 5) is 5.39. The average Bonchev–Trinajstić information content (AvgIpc) is 2.64.